The Morgan fingerprint density at radius 2 is 1.39 bits per heavy atom. The monoisotopic (exact) mass is 588 g/mol. The Balaban J connectivity index is 2.31. The molecule has 0 saturated carbocycles. The van der Waals surface area contributed by atoms with Gasteiger partial charge in [-0.25, -0.2) is 8.42 Å². The van der Waals surface area contributed by atoms with Crippen molar-refractivity contribution in [2.45, 2.75) is 40.0 Å². The number of benzene rings is 2. The summed E-state index contributed by atoms with van der Waals surface area (Å²) in [4.78, 5) is 12.6. The molecule has 1 aliphatic carbocycles. The van der Waals surface area contributed by atoms with Gasteiger partial charge in [0.2, 0.25) is 24.5 Å². The van der Waals surface area contributed by atoms with Crippen molar-refractivity contribution in [2.24, 2.45) is 0 Å². The minimum Gasteiger partial charge on any atom is -0.359 e. The quantitative estimate of drug-likeness (QED) is 0.316. The number of alkyl halides is 4. The van der Waals surface area contributed by atoms with Crippen molar-refractivity contribution in [3.05, 3.63) is 69.2 Å². The number of aryl methyl sites for hydroxylation is 3. The van der Waals surface area contributed by atoms with E-state index < -0.39 is 40.2 Å². The van der Waals surface area contributed by atoms with Crippen LogP contribution in [-0.2, 0) is 14.8 Å². The highest BCUT2D eigenvalue weighted by Gasteiger charge is 2.71. The van der Waals surface area contributed by atoms with Gasteiger partial charge in [0.05, 0.1) is 9.93 Å². The summed E-state index contributed by atoms with van der Waals surface area (Å²) >= 11 is 38.5. The maximum Gasteiger partial charge on any atom is 0.242 e. The summed E-state index contributed by atoms with van der Waals surface area (Å²) in [7, 11) is -4.36. The molecule has 2 aromatic rings. The van der Waals surface area contributed by atoms with Crippen LogP contribution in [0.2, 0.25) is 0 Å². The van der Waals surface area contributed by atoms with Crippen LogP contribution in [0.4, 0.5) is 5.69 Å². The van der Waals surface area contributed by atoms with Crippen LogP contribution >= 0.6 is 69.6 Å². The van der Waals surface area contributed by atoms with Crippen LogP contribution in [0.15, 0.2) is 57.4 Å². The molecule has 3 rings (SSSR count). The maximum atomic E-state index is 13.4. The van der Waals surface area contributed by atoms with Gasteiger partial charge < -0.3 is 5.32 Å². The van der Waals surface area contributed by atoms with Gasteiger partial charge in [0.25, 0.3) is 0 Å². The molecule has 2 N–H and O–H groups in total. The summed E-state index contributed by atoms with van der Waals surface area (Å²) in [6.45, 7) is 5.45. The lowest BCUT2D eigenvalue weighted by molar-refractivity contribution is -0.116. The van der Waals surface area contributed by atoms with Crippen molar-refractivity contribution >= 4 is 91.1 Å². The molecule has 178 valence electrons. The average molecular weight is 591 g/mol. The Hall–Kier alpha value is -0.700. The number of sulfonamides is 1. The molecule has 0 aliphatic heterocycles. The van der Waals surface area contributed by atoms with E-state index in [9.17, 15) is 13.2 Å². The first-order chi connectivity index (χ1) is 15.1. The molecule has 0 fully saturated rings. The Labute approximate surface area is 222 Å². The first kappa shape index (κ1) is 26.9. The predicted molar refractivity (Wildman–Crippen MR) is 136 cm³/mol. The van der Waals surface area contributed by atoms with Gasteiger partial charge in [-0.1, -0.05) is 105 Å². The second kappa shape index (κ2) is 9.07. The van der Waals surface area contributed by atoms with Crippen LogP contribution in [0, 0.1) is 20.8 Å². The van der Waals surface area contributed by atoms with Crippen molar-refractivity contribution in [1.29, 1.82) is 0 Å². The summed E-state index contributed by atoms with van der Waals surface area (Å²) in [6.07, 6.45) is 0. The number of rotatable bonds is 5. The van der Waals surface area contributed by atoms with E-state index in [1.54, 1.807) is 38.1 Å². The van der Waals surface area contributed by atoms with Crippen LogP contribution in [0.3, 0.4) is 0 Å². The molecule has 1 atom stereocenters. The van der Waals surface area contributed by atoms with Gasteiger partial charge in [-0.2, -0.15) is 4.72 Å². The van der Waals surface area contributed by atoms with Crippen LogP contribution in [0.25, 0.3) is 0 Å². The molecule has 5 nitrogen and oxygen atoms in total. The zero-order chi connectivity index (χ0) is 25.0. The van der Waals surface area contributed by atoms with Crippen LogP contribution in [0.1, 0.15) is 16.7 Å². The van der Waals surface area contributed by atoms with Gasteiger partial charge in [-0.15, -0.1) is 0 Å². The molecule has 2 aromatic carbocycles. The van der Waals surface area contributed by atoms with E-state index in [0.717, 1.165) is 11.1 Å². The fraction of sp³-hybridized carbons (Fsp3) is 0.286. The Bertz CT molecular complexity index is 1260. The van der Waals surface area contributed by atoms with Gasteiger partial charge in [0, 0.05) is 5.69 Å². The fourth-order valence-electron chi connectivity index (χ4n) is 3.32. The van der Waals surface area contributed by atoms with Crippen LogP contribution in [-0.4, -0.2) is 28.5 Å². The van der Waals surface area contributed by atoms with E-state index in [1.807, 2.05) is 13.0 Å². The molecule has 0 unspecified atom stereocenters. The molecular formula is C21H18Cl6N2O3S. The standard InChI is InChI=1S/C21H18Cl6N2O3S/c1-11-4-7-14(8-5-11)33(31,32)29-20(28-15-9-6-12(2)10-13(15)3)17(23)16(22)18(30)19(24,25)21(20,26)27/h4-10,28-29H,1-3H3/t20-/m1/s1. The lowest BCUT2D eigenvalue weighted by atomic mass is 9.91. The van der Waals surface area contributed by atoms with E-state index in [2.05, 4.69) is 10.0 Å². The number of anilines is 1. The highest BCUT2D eigenvalue weighted by molar-refractivity contribution is 7.89. The number of nitrogens with one attached hydrogen (secondary N) is 2. The third-order valence-corrected chi connectivity index (χ3v) is 10.0. The first-order valence-electron chi connectivity index (χ1n) is 9.39. The summed E-state index contributed by atoms with van der Waals surface area (Å²) in [5.41, 5.74) is 0.526. The van der Waals surface area contributed by atoms with Crippen LogP contribution < -0.4 is 10.0 Å². The topological polar surface area (TPSA) is 75.3 Å². The van der Waals surface area contributed by atoms with Gasteiger partial charge in [-0.05, 0) is 44.5 Å². The number of hydrogen-bond acceptors (Lipinski definition) is 4. The van der Waals surface area contributed by atoms with Gasteiger partial charge in [-0.3, -0.25) is 4.79 Å². The SMILES string of the molecule is Cc1ccc(S(=O)(=O)N[C@]2(Nc3ccc(C)cc3C)C(Cl)=C(Cl)C(=O)C(Cl)(Cl)C2(Cl)Cl)cc1. The van der Waals surface area contributed by atoms with E-state index in [-0.39, 0.29) is 4.90 Å². The smallest absolute Gasteiger partial charge is 0.242 e. The Kier molecular flexibility index (Phi) is 7.39. The van der Waals surface area contributed by atoms with E-state index >= 15 is 0 Å². The van der Waals surface area contributed by atoms with Crippen molar-refractivity contribution in [3.8, 4) is 0 Å². The number of halogens is 6. The zero-order valence-corrected chi connectivity index (χ0v) is 22.8. The molecule has 0 radical (unpaired) electrons. The minimum absolute atomic E-state index is 0.119. The van der Waals surface area contributed by atoms with E-state index in [0.29, 0.717) is 11.3 Å². The molecule has 0 saturated heterocycles. The number of allylic oxidation sites excluding steroid dienone is 1. The second-order valence-electron chi connectivity index (χ2n) is 7.72. The largest absolute Gasteiger partial charge is 0.359 e. The zero-order valence-electron chi connectivity index (χ0n) is 17.4. The summed E-state index contributed by atoms with van der Waals surface area (Å²) < 4.78 is 24.1. The normalized spacial score (nSPS) is 22.4. The Morgan fingerprint density at radius 1 is 0.848 bits per heavy atom. The summed E-state index contributed by atoms with van der Waals surface area (Å²) in [5, 5.41) is 1.78. The molecule has 0 bridgehead atoms. The number of carbonyl (C=O) groups excluding carboxylic acids is 1. The third kappa shape index (κ3) is 4.50. The van der Waals surface area contributed by atoms with E-state index in [1.165, 1.54) is 12.1 Å². The van der Waals surface area contributed by atoms with E-state index in [4.69, 9.17) is 69.6 Å². The molecule has 0 spiro atoms. The lowest BCUT2D eigenvalue weighted by Crippen LogP contribution is -2.73. The number of carbonyl (C=O) groups is 1. The molecule has 0 aromatic heterocycles. The average Bonchev–Trinajstić information content (AvgIpc) is 2.72. The molecule has 1 aliphatic rings. The lowest BCUT2D eigenvalue weighted by Gasteiger charge is -2.51. The van der Waals surface area contributed by atoms with Gasteiger partial charge in [0.15, 0.2) is 5.66 Å². The third-order valence-electron chi connectivity index (χ3n) is 5.19. The maximum absolute atomic E-state index is 13.4. The molecule has 33 heavy (non-hydrogen) atoms. The van der Waals surface area contributed by atoms with Gasteiger partial charge in [0.1, 0.15) is 5.03 Å². The molecular weight excluding hydrogens is 573 g/mol. The first-order valence-corrected chi connectivity index (χ1v) is 13.1. The summed E-state index contributed by atoms with van der Waals surface area (Å²) in [6, 6.07) is 11.2. The predicted octanol–water partition coefficient (Wildman–Crippen LogP) is 6.32. The number of ketones is 1. The van der Waals surface area contributed by atoms with Crippen LogP contribution in [0.5, 0.6) is 0 Å². The number of Topliss-reactive ketones (excluding diaryl/α,β-unsaturated/α-hetero) is 1. The number of hydrogen-bond donors (Lipinski definition) is 2. The van der Waals surface area contributed by atoms with Crippen molar-refractivity contribution in [2.75, 3.05) is 5.32 Å². The van der Waals surface area contributed by atoms with Crippen molar-refractivity contribution < 1.29 is 13.2 Å². The second-order valence-corrected chi connectivity index (χ2v) is 12.8. The Morgan fingerprint density at radius 3 is 1.94 bits per heavy atom. The highest BCUT2D eigenvalue weighted by atomic mass is 35.5. The van der Waals surface area contributed by atoms with Crippen molar-refractivity contribution in [3.63, 3.8) is 0 Å². The summed E-state index contributed by atoms with van der Waals surface area (Å²) in [5.74, 6) is -1.07. The van der Waals surface area contributed by atoms with Crippen molar-refractivity contribution in [1.82, 2.24) is 4.72 Å². The molecule has 0 amide bonds. The highest BCUT2D eigenvalue weighted by Crippen LogP contribution is 2.58. The van der Waals surface area contributed by atoms with Gasteiger partial charge >= 0.3 is 0 Å². The fourth-order valence-corrected chi connectivity index (χ4v) is 6.63. The molecule has 12 heteroatoms. The minimum atomic E-state index is -4.36. The molecule has 0 heterocycles.